The van der Waals surface area contributed by atoms with Crippen LogP contribution in [0.15, 0.2) is 4.99 Å². The summed E-state index contributed by atoms with van der Waals surface area (Å²) >= 11 is 0. The van der Waals surface area contributed by atoms with Crippen molar-refractivity contribution in [3.05, 3.63) is 0 Å². The second kappa shape index (κ2) is 4.93. The molecule has 5 nitrogen and oxygen atoms in total. The maximum atomic E-state index is 11.4. The highest BCUT2D eigenvalue weighted by Crippen LogP contribution is 2.11. The number of ether oxygens (including phenoxy) is 1. The van der Waals surface area contributed by atoms with Crippen LogP contribution in [-0.4, -0.2) is 53.7 Å². The number of hydrogen-bond acceptors (Lipinski definition) is 4. The van der Waals surface area contributed by atoms with Gasteiger partial charge in [-0.1, -0.05) is 0 Å². The number of aliphatic imine (C=N–C) groups is 1. The second-order valence-electron chi connectivity index (χ2n) is 5.13. The van der Waals surface area contributed by atoms with Crippen LogP contribution < -0.4 is 0 Å². The van der Waals surface area contributed by atoms with Crippen LogP contribution in [0.2, 0.25) is 0 Å². The SMILES string of the molecule is CN1CC[C@H](O)/C(=N\C(=O)OC(C)(C)C)C1. The summed E-state index contributed by atoms with van der Waals surface area (Å²) in [6.45, 7) is 6.69. The predicted molar refractivity (Wildman–Crippen MR) is 61.8 cm³/mol. The van der Waals surface area contributed by atoms with Gasteiger partial charge in [0, 0.05) is 13.1 Å². The smallest absolute Gasteiger partial charge is 0.434 e. The lowest BCUT2D eigenvalue weighted by molar-refractivity contribution is 0.0598. The van der Waals surface area contributed by atoms with E-state index < -0.39 is 17.8 Å². The first kappa shape index (κ1) is 13.1. The van der Waals surface area contributed by atoms with Gasteiger partial charge in [-0.15, -0.1) is 0 Å². The summed E-state index contributed by atoms with van der Waals surface area (Å²) in [5.41, 5.74) is -0.0601. The molecule has 0 aliphatic carbocycles. The highest BCUT2D eigenvalue weighted by Gasteiger charge is 2.23. The Balaban J connectivity index is 2.64. The van der Waals surface area contributed by atoms with E-state index in [1.54, 1.807) is 20.8 Å². The Bertz CT molecular complexity index is 294. The highest BCUT2D eigenvalue weighted by molar-refractivity contribution is 5.97. The van der Waals surface area contributed by atoms with Gasteiger partial charge in [0.1, 0.15) is 5.60 Å². The summed E-state index contributed by atoms with van der Waals surface area (Å²) in [5, 5.41) is 9.67. The molecule has 5 heteroatoms. The number of aliphatic hydroxyl groups is 1. The highest BCUT2D eigenvalue weighted by atomic mass is 16.6. The molecule has 1 aliphatic heterocycles. The van der Waals surface area contributed by atoms with Crippen molar-refractivity contribution in [1.82, 2.24) is 4.90 Å². The monoisotopic (exact) mass is 228 g/mol. The molecule has 0 aromatic heterocycles. The van der Waals surface area contributed by atoms with Crippen LogP contribution in [0.4, 0.5) is 4.79 Å². The van der Waals surface area contributed by atoms with Crippen LogP contribution in [0, 0.1) is 0 Å². The number of aliphatic hydroxyl groups excluding tert-OH is 1. The summed E-state index contributed by atoms with van der Waals surface area (Å²) < 4.78 is 5.07. The summed E-state index contributed by atoms with van der Waals surface area (Å²) in [4.78, 5) is 17.3. The topological polar surface area (TPSA) is 62.1 Å². The lowest BCUT2D eigenvalue weighted by atomic mass is 10.1. The van der Waals surface area contributed by atoms with Crippen molar-refractivity contribution in [3.63, 3.8) is 0 Å². The molecular formula is C11H20N2O3. The van der Waals surface area contributed by atoms with Crippen LogP contribution in [0.5, 0.6) is 0 Å². The number of carbonyl (C=O) groups excluding carboxylic acids is 1. The summed E-state index contributed by atoms with van der Waals surface area (Å²) in [6.07, 6.45) is -0.640. The summed E-state index contributed by atoms with van der Waals surface area (Å²) in [7, 11) is 1.93. The minimum Gasteiger partial charge on any atom is -0.442 e. The molecule has 1 fully saturated rings. The fourth-order valence-electron chi connectivity index (χ4n) is 1.48. The molecule has 1 N–H and O–H groups in total. The lowest BCUT2D eigenvalue weighted by Gasteiger charge is -2.27. The van der Waals surface area contributed by atoms with Gasteiger partial charge in [0.05, 0.1) is 11.8 Å². The van der Waals surface area contributed by atoms with E-state index >= 15 is 0 Å². The number of amides is 1. The molecule has 92 valence electrons. The van der Waals surface area contributed by atoms with E-state index in [0.717, 1.165) is 6.54 Å². The first-order valence-electron chi connectivity index (χ1n) is 5.45. The van der Waals surface area contributed by atoms with Gasteiger partial charge >= 0.3 is 6.09 Å². The number of nitrogens with zero attached hydrogens (tertiary/aromatic N) is 2. The van der Waals surface area contributed by atoms with Gasteiger partial charge in [0.25, 0.3) is 0 Å². The third kappa shape index (κ3) is 4.28. The van der Waals surface area contributed by atoms with Gasteiger partial charge in [-0.3, -0.25) is 0 Å². The van der Waals surface area contributed by atoms with Crippen molar-refractivity contribution in [2.24, 2.45) is 4.99 Å². The van der Waals surface area contributed by atoms with E-state index in [1.807, 2.05) is 11.9 Å². The van der Waals surface area contributed by atoms with E-state index in [4.69, 9.17) is 4.74 Å². The predicted octanol–water partition coefficient (Wildman–Crippen LogP) is 1.06. The Morgan fingerprint density at radius 3 is 2.75 bits per heavy atom. The lowest BCUT2D eigenvalue weighted by Crippen LogP contribution is -2.42. The first-order chi connectivity index (χ1) is 7.28. The molecule has 0 spiro atoms. The van der Waals surface area contributed by atoms with Gasteiger partial charge in [0.2, 0.25) is 0 Å². The standard InChI is InChI=1S/C11H20N2O3/c1-11(2,3)16-10(15)12-8-7-13(4)6-5-9(8)14/h9,14H,5-7H2,1-4H3/b12-8-/t9-/m0/s1. The number of carbonyl (C=O) groups is 1. The van der Waals surface area contributed by atoms with Crippen LogP contribution in [-0.2, 0) is 4.74 Å². The number of hydrogen-bond donors (Lipinski definition) is 1. The van der Waals surface area contributed by atoms with Crippen molar-refractivity contribution in [2.75, 3.05) is 20.1 Å². The zero-order valence-corrected chi connectivity index (χ0v) is 10.4. The number of likely N-dealkylation sites (tertiary alicyclic amines) is 1. The van der Waals surface area contributed by atoms with Crippen LogP contribution >= 0.6 is 0 Å². The van der Waals surface area contributed by atoms with E-state index in [9.17, 15) is 9.90 Å². The summed E-state index contributed by atoms with van der Waals surface area (Å²) in [5.74, 6) is 0. The fraction of sp³-hybridized carbons (Fsp3) is 0.818. The van der Waals surface area contributed by atoms with Gasteiger partial charge in [-0.05, 0) is 34.2 Å². The Labute approximate surface area is 96.1 Å². The molecular weight excluding hydrogens is 208 g/mol. The molecule has 0 saturated carbocycles. The second-order valence-corrected chi connectivity index (χ2v) is 5.13. The molecule has 0 radical (unpaired) electrons. The average molecular weight is 228 g/mol. The molecule has 1 rings (SSSR count). The van der Waals surface area contributed by atoms with Crippen molar-refractivity contribution in [2.45, 2.75) is 38.9 Å². The minimum absolute atomic E-state index is 0.489. The van der Waals surface area contributed by atoms with Crippen LogP contribution in [0.1, 0.15) is 27.2 Å². The third-order valence-corrected chi connectivity index (χ3v) is 2.23. The number of rotatable bonds is 0. The Morgan fingerprint density at radius 2 is 2.19 bits per heavy atom. The molecule has 1 aliphatic rings. The van der Waals surface area contributed by atoms with E-state index in [0.29, 0.717) is 18.7 Å². The van der Waals surface area contributed by atoms with Crippen molar-refractivity contribution < 1.29 is 14.6 Å². The summed E-state index contributed by atoms with van der Waals surface area (Å²) in [6, 6.07) is 0. The van der Waals surface area contributed by atoms with Crippen molar-refractivity contribution in [3.8, 4) is 0 Å². The Hall–Kier alpha value is -0.940. The van der Waals surface area contributed by atoms with Gasteiger partial charge in [-0.2, -0.15) is 4.99 Å². The molecule has 1 saturated heterocycles. The molecule has 1 amide bonds. The molecule has 0 unspecified atom stereocenters. The largest absolute Gasteiger partial charge is 0.442 e. The number of piperidine rings is 1. The maximum Gasteiger partial charge on any atom is 0.434 e. The van der Waals surface area contributed by atoms with Crippen molar-refractivity contribution >= 4 is 11.8 Å². The minimum atomic E-state index is -0.628. The first-order valence-corrected chi connectivity index (χ1v) is 5.45. The van der Waals surface area contributed by atoms with Gasteiger partial charge < -0.3 is 14.7 Å². The Kier molecular flexibility index (Phi) is 4.04. The zero-order valence-electron chi connectivity index (χ0n) is 10.4. The molecule has 1 heterocycles. The van der Waals surface area contributed by atoms with E-state index in [1.165, 1.54) is 0 Å². The Morgan fingerprint density at radius 1 is 1.56 bits per heavy atom. The van der Waals surface area contributed by atoms with Gasteiger partial charge in [-0.25, -0.2) is 4.79 Å². The fourth-order valence-corrected chi connectivity index (χ4v) is 1.48. The quantitative estimate of drug-likeness (QED) is 0.673. The molecule has 0 aromatic carbocycles. The van der Waals surface area contributed by atoms with Crippen LogP contribution in [0.3, 0.4) is 0 Å². The maximum absolute atomic E-state index is 11.4. The molecule has 1 atom stereocenters. The zero-order chi connectivity index (χ0) is 12.3. The van der Waals surface area contributed by atoms with E-state index in [-0.39, 0.29) is 0 Å². The van der Waals surface area contributed by atoms with E-state index in [2.05, 4.69) is 4.99 Å². The normalized spacial score (nSPS) is 25.8. The molecule has 0 bridgehead atoms. The average Bonchev–Trinajstić information content (AvgIpc) is 2.08. The molecule has 16 heavy (non-hydrogen) atoms. The van der Waals surface area contributed by atoms with Gasteiger partial charge in [0.15, 0.2) is 0 Å². The van der Waals surface area contributed by atoms with Crippen LogP contribution in [0.25, 0.3) is 0 Å². The van der Waals surface area contributed by atoms with Crippen molar-refractivity contribution in [1.29, 1.82) is 0 Å². The molecule has 0 aromatic rings. The third-order valence-electron chi connectivity index (χ3n) is 2.23.